The third-order valence-electron chi connectivity index (χ3n) is 3.25. The number of aliphatic hydroxyl groups is 2. The summed E-state index contributed by atoms with van der Waals surface area (Å²) in [7, 11) is 0. The molecule has 0 radical (unpaired) electrons. The van der Waals surface area contributed by atoms with Gasteiger partial charge in [0.25, 0.3) is 0 Å². The van der Waals surface area contributed by atoms with Gasteiger partial charge in [-0.1, -0.05) is 36.4 Å². The first-order valence-corrected chi connectivity index (χ1v) is 7.33. The smallest absolute Gasteiger partial charge is 0.407 e. The van der Waals surface area contributed by atoms with Crippen molar-refractivity contribution in [1.29, 1.82) is 0 Å². The maximum absolute atomic E-state index is 11.6. The summed E-state index contributed by atoms with van der Waals surface area (Å²) in [4.78, 5) is 26.2. The molecule has 1 heterocycles. The van der Waals surface area contributed by atoms with Crippen LogP contribution in [0.3, 0.4) is 0 Å². The van der Waals surface area contributed by atoms with E-state index >= 15 is 0 Å². The summed E-state index contributed by atoms with van der Waals surface area (Å²) in [5.41, 5.74) is 1.13. The number of aromatic nitrogens is 1. The SMILES string of the molecule is O=Cc1cccc(C(O)C(O)CNC(=O)OCc2ccccc2)n1. The summed E-state index contributed by atoms with van der Waals surface area (Å²) in [6.07, 6.45) is -2.79. The number of carbonyl (C=O) groups is 2. The Kier molecular flexibility index (Phi) is 6.41. The second-order valence-electron chi connectivity index (χ2n) is 5.06. The molecule has 7 nitrogen and oxygen atoms in total. The van der Waals surface area contributed by atoms with Crippen molar-refractivity contribution in [2.24, 2.45) is 0 Å². The molecule has 0 aliphatic heterocycles. The molecule has 0 bridgehead atoms. The number of aliphatic hydroxyl groups excluding tert-OH is 2. The van der Waals surface area contributed by atoms with Gasteiger partial charge in [0.1, 0.15) is 24.5 Å². The number of carbonyl (C=O) groups excluding carboxylic acids is 2. The second kappa shape index (κ2) is 8.76. The van der Waals surface area contributed by atoms with Gasteiger partial charge in [-0.2, -0.15) is 0 Å². The largest absolute Gasteiger partial charge is 0.445 e. The number of nitrogens with zero attached hydrogens (tertiary/aromatic N) is 1. The van der Waals surface area contributed by atoms with Crippen molar-refractivity contribution in [3.8, 4) is 0 Å². The summed E-state index contributed by atoms with van der Waals surface area (Å²) in [6, 6.07) is 13.7. The van der Waals surface area contributed by atoms with Crippen LogP contribution in [0.4, 0.5) is 4.79 Å². The monoisotopic (exact) mass is 330 g/mol. The average molecular weight is 330 g/mol. The van der Waals surface area contributed by atoms with Gasteiger partial charge in [0, 0.05) is 6.54 Å². The molecule has 7 heteroatoms. The first kappa shape index (κ1) is 17.6. The highest BCUT2D eigenvalue weighted by molar-refractivity contribution is 5.71. The molecule has 2 unspecified atom stereocenters. The Labute approximate surface area is 138 Å². The van der Waals surface area contributed by atoms with Gasteiger partial charge in [-0.05, 0) is 17.7 Å². The number of amides is 1. The summed E-state index contributed by atoms with van der Waals surface area (Å²) >= 11 is 0. The fraction of sp³-hybridized carbons (Fsp3) is 0.235. The first-order valence-electron chi connectivity index (χ1n) is 7.33. The normalized spacial score (nSPS) is 12.9. The van der Waals surface area contributed by atoms with Crippen molar-refractivity contribution in [3.63, 3.8) is 0 Å². The van der Waals surface area contributed by atoms with Gasteiger partial charge in [-0.15, -0.1) is 0 Å². The van der Waals surface area contributed by atoms with E-state index in [2.05, 4.69) is 10.3 Å². The van der Waals surface area contributed by atoms with Crippen LogP contribution in [0, 0.1) is 0 Å². The Hall–Kier alpha value is -2.77. The molecule has 0 aliphatic rings. The highest BCUT2D eigenvalue weighted by Gasteiger charge is 2.20. The lowest BCUT2D eigenvalue weighted by Crippen LogP contribution is -2.36. The van der Waals surface area contributed by atoms with E-state index in [1.165, 1.54) is 12.1 Å². The summed E-state index contributed by atoms with van der Waals surface area (Å²) < 4.78 is 5.00. The number of hydrogen-bond acceptors (Lipinski definition) is 6. The molecule has 126 valence electrons. The predicted octanol–water partition coefficient (Wildman–Crippen LogP) is 1.21. The number of ether oxygens (including phenoxy) is 1. The van der Waals surface area contributed by atoms with Crippen molar-refractivity contribution in [2.75, 3.05) is 6.54 Å². The van der Waals surface area contributed by atoms with Gasteiger partial charge in [0.05, 0.1) is 5.69 Å². The van der Waals surface area contributed by atoms with E-state index < -0.39 is 18.3 Å². The zero-order valence-electron chi connectivity index (χ0n) is 12.8. The van der Waals surface area contributed by atoms with Crippen molar-refractivity contribution in [3.05, 3.63) is 65.5 Å². The van der Waals surface area contributed by atoms with Gasteiger partial charge in [-0.3, -0.25) is 4.79 Å². The molecular formula is C17H18N2O5. The van der Waals surface area contributed by atoms with Crippen molar-refractivity contribution in [2.45, 2.75) is 18.8 Å². The molecule has 1 aromatic carbocycles. The van der Waals surface area contributed by atoms with Crippen molar-refractivity contribution < 1.29 is 24.5 Å². The highest BCUT2D eigenvalue weighted by Crippen LogP contribution is 2.14. The van der Waals surface area contributed by atoms with Gasteiger partial charge < -0.3 is 20.3 Å². The molecule has 1 aromatic heterocycles. The van der Waals surface area contributed by atoms with E-state index in [9.17, 15) is 19.8 Å². The molecule has 0 saturated carbocycles. The van der Waals surface area contributed by atoms with Gasteiger partial charge in [0.2, 0.25) is 0 Å². The maximum Gasteiger partial charge on any atom is 0.407 e. The van der Waals surface area contributed by atoms with Crippen LogP contribution < -0.4 is 5.32 Å². The zero-order chi connectivity index (χ0) is 17.4. The molecule has 3 N–H and O–H groups in total. The van der Waals surface area contributed by atoms with Crippen molar-refractivity contribution >= 4 is 12.4 Å². The zero-order valence-corrected chi connectivity index (χ0v) is 12.8. The maximum atomic E-state index is 11.6. The summed E-state index contributed by atoms with van der Waals surface area (Å²) in [5.74, 6) is 0. The molecule has 24 heavy (non-hydrogen) atoms. The second-order valence-corrected chi connectivity index (χ2v) is 5.06. The van der Waals surface area contributed by atoms with Crippen LogP contribution in [-0.2, 0) is 11.3 Å². The molecule has 0 aliphatic carbocycles. The molecule has 0 spiro atoms. The van der Waals surface area contributed by atoms with Crippen molar-refractivity contribution in [1.82, 2.24) is 10.3 Å². The van der Waals surface area contributed by atoms with Crippen LogP contribution in [0.15, 0.2) is 48.5 Å². The minimum Gasteiger partial charge on any atom is -0.445 e. The lowest BCUT2D eigenvalue weighted by atomic mass is 10.1. The van der Waals surface area contributed by atoms with E-state index in [1.807, 2.05) is 30.3 Å². The quantitative estimate of drug-likeness (QED) is 0.659. The minimum absolute atomic E-state index is 0.105. The van der Waals surface area contributed by atoms with E-state index in [0.717, 1.165) is 5.56 Å². The Bertz CT molecular complexity index is 678. The lowest BCUT2D eigenvalue weighted by molar-refractivity contribution is 0.0159. The van der Waals surface area contributed by atoms with E-state index in [-0.39, 0.29) is 24.5 Å². The number of nitrogens with one attached hydrogen (secondary N) is 1. The number of aldehydes is 1. The van der Waals surface area contributed by atoms with Gasteiger partial charge >= 0.3 is 6.09 Å². The molecule has 0 saturated heterocycles. The number of rotatable bonds is 7. The van der Waals surface area contributed by atoms with E-state index in [1.54, 1.807) is 6.07 Å². The fourth-order valence-corrected chi connectivity index (χ4v) is 1.97. The Morgan fingerprint density at radius 3 is 2.62 bits per heavy atom. The third-order valence-corrected chi connectivity index (χ3v) is 3.25. The van der Waals surface area contributed by atoms with E-state index in [4.69, 9.17) is 4.74 Å². The molecule has 1 amide bonds. The Morgan fingerprint density at radius 1 is 1.17 bits per heavy atom. The number of pyridine rings is 1. The molecule has 0 fully saturated rings. The average Bonchev–Trinajstić information content (AvgIpc) is 2.64. The highest BCUT2D eigenvalue weighted by atomic mass is 16.5. The van der Waals surface area contributed by atoms with Crippen LogP contribution in [0.1, 0.15) is 27.8 Å². The van der Waals surface area contributed by atoms with Crippen LogP contribution in [0.5, 0.6) is 0 Å². The van der Waals surface area contributed by atoms with Crippen LogP contribution in [0.2, 0.25) is 0 Å². The summed E-state index contributed by atoms with van der Waals surface area (Å²) in [5, 5.41) is 22.3. The minimum atomic E-state index is -1.33. The number of hydrogen-bond donors (Lipinski definition) is 3. The van der Waals surface area contributed by atoms with Crippen LogP contribution in [0.25, 0.3) is 0 Å². The van der Waals surface area contributed by atoms with Gasteiger partial charge in [-0.25, -0.2) is 9.78 Å². The topological polar surface area (TPSA) is 109 Å². The standard InChI is InChI=1S/C17H18N2O5/c20-10-13-7-4-8-14(19-13)16(22)15(21)9-18-17(23)24-11-12-5-2-1-3-6-12/h1-8,10,15-16,21-22H,9,11H2,(H,18,23). The third kappa shape index (κ3) is 5.15. The van der Waals surface area contributed by atoms with Gasteiger partial charge in [0.15, 0.2) is 6.29 Å². The lowest BCUT2D eigenvalue weighted by Gasteiger charge is -2.18. The first-order chi connectivity index (χ1) is 11.6. The Morgan fingerprint density at radius 2 is 1.92 bits per heavy atom. The molecule has 2 aromatic rings. The molecule has 2 rings (SSSR count). The number of benzene rings is 1. The summed E-state index contributed by atoms with van der Waals surface area (Å²) in [6.45, 7) is -0.115. The van der Waals surface area contributed by atoms with E-state index in [0.29, 0.717) is 6.29 Å². The van der Waals surface area contributed by atoms with Crippen LogP contribution >= 0.6 is 0 Å². The number of alkyl carbamates (subject to hydrolysis) is 1. The van der Waals surface area contributed by atoms with Crippen LogP contribution in [-0.4, -0.2) is 40.2 Å². The molecule has 2 atom stereocenters. The fourth-order valence-electron chi connectivity index (χ4n) is 1.97. The molecular weight excluding hydrogens is 312 g/mol. The Balaban J connectivity index is 1.79. The predicted molar refractivity (Wildman–Crippen MR) is 85.2 cm³/mol.